The number of nitrogens with one attached hydrogen (secondary N) is 3. The standard InChI is InChI=1S/C16H25N3O2.ClH/c1-5-7-15(20)18-13-8-6-9-14(12(13)3)19-16(21)11(2)10-17-4;/h6,8-9,11,17H,5,7,10H2,1-4H3,(H,18,20)(H,19,21);1H. The van der Waals surface area contributed by atoms with E-state index in [1.165, 1.54) is 0 Å². The van der Waals surface area contributed by atoms with Crippen LogP contribution in [0.5, 0.6) is 0 Å². The maximum atomic E-state index is 12.1. The highest BCUT2D eigenvalue weighted by Crippen LogP contribution is 2.24. The monoisotopic (exact) mass is 327 g/mol. The van der Waals surface area contributed by atoms with Crippen LogP contribution in [0.15, 0.2) is 18.2 Å². The molecule has 0 saturated carbocycles. The third-order valence-electron chi connectivity index (χ3n) is 3.30. The number of hydrogen-bond acceptors (Lipinski definition) is 3. The minimum absolute atomic E-state index is 0. The van der Waals surface area contributed by atoms with E-state index < -0.39 is 0 Å². The Morgan fingerprint density at radius 1 is 1.18 bits per heavy atom. The number of hydrogen-bond donors (Lipinski definition) is 3. The Morgan fingerprint density at radius 2 is 1.77 bits per heavy atom. The van der Waals surface area contributed by atoms with Crippen molar-refractivity contribution in [2.45, 2.75) is 33.6 Å². The number of amides is 2. The van der Waals surface area contributed by atoms with Gasteiger partial charge in [0.2, 0.25) is 11.8 Å². The van der Waals surface area contributed by atoms with Crippen molar-refractivity contribution in [2.24, 2.45) is 5.92 Å². The maximum Gasteiger partial charge on any atom is 0.228 e. The van der Waals surface area contributed by atoms with E-state index in [1.807, 2.05) is 46.0 Å². The van der Waals surface area contributed by atoms with E-state index in [1.54, 1.807) is 0 Å². The molecule has 0 aromatic heterocycles. The minimum Gasteiger partial charge on any atom is -0.326 e. The molecule has 1 atom stereocenters. The second kappa shape index (κ2) is 10.2. The molecule has 0 fully saturated rings. The Labute approximate surface area is 138 Å². The second-order valence-corrected chi connectivity index (χ2v) is 5.22. The molecule has 1 rings (SSSR count). The van der Waals surface area contributed by atoms with Crippen molar-refractivity contribution in [1.29, 1.82) is 0 Å². The molecule has 22 heavy (non-hydrogen) atoms. The minimum atomic E-state index is -0.118. The number of carbonyl (C=O) groups is 2. The zero-order valence-electron chi connectivity index (χ0n) is 13.7. The molecule has 124 valence electrons. The molecular formula is C16H26ClN3O2. The maximum absolute atomic E-state index is 12.1. The fourth-order valence-electron chi connectivity index (χ4n) is 2.00. The third kappa shape index (κ3) is 6.03. The summed E-state index contributed by atoms with van der Waals surface area (Å²) < 4.78 is 0. The average molecular weight is 328 g/mol. The van der Waals surface area contributed by atoms with E-state index in [4.69, 9.17) is 0 Å². The van der Waals surface area contributed by atoms with Gasteiger partial charge in [0.05, 0.1) is 0 Å². The molecule has 2 amide bonds. The van der Waals surface area contributed by atoms with E-state index in [-0.39, 0.29) is 30.1 Å². The van der Waals surface area contributed by atoms with E-state index in [2.05, 4.69) is 16.0 Å². The van der Waals surface area contributed by atoms with Crippen molar-refractivity contribution in [3.8, 4) is 0 Å². The normalized spacial score (nSPS) is 11.3. The van der Waals surface area contributed by atoms with E-state index >= 15 is 0 Å². The Morgan fingerprint density at radius 3 is 2.32 bits per heavy atom. The topological polar surface area (TPSA) is 70.2 Å². The summed E-state index contributed by atoms with van der Waals surface area (Å²) in [5, 5.41) is 8.77. The van der Waals surface area contributed by atoms with Gasteiger partial charge in [-0.25, -0.2) is 0 Å². The van der Waals surface area contributed by atoms with Crippen molar-refractivity contribution in [3.63, 3.8) is 0 Å². The van der Waals surface area contributed by atoms with Crippen LogP contribution < -0.4 is 16.0 Å². The molecule has 1 aromatic carbocycles. The van der Waals surface area contributed by atoms with Crippen LogP contribution in [0.2, 0.25) is 0 Å². The predicted octanol–water partition coefficient (Wildman–Crippen LogP) is 2.95. The zero-order valence-corrected chi connectivity index (χ0v) is 14.5. The lowest BCUT2D eigenvalue weighted by Crippen LogP contribution is -2.28. The highest BCUT2D eigenvalue weighted by atomic mass is 35.5. The van der Waals surface area contributed by atoms with Crippen LogP contribution in [-0.4, -0.2) is 25.4 Å². The van der Waals surface area contributed by atoms with Gasteiger partial charge in [-0.05, 0) is 38.1 Å². The van der Waals surface area contributed by atoms with Crippen molar-refractivity contribution in [1.82, 2.24) is 5.32 Å². The predicted molar refractivity (Wildman–Crippen MR) is 93.7 cm³/mol. The quantitative estimate of drug-likeness (QED) is 0.721. The summed E-state index contributed by atoms with van der Waals surface area (Å²) in [6.07, 6.45) is 1.30. The first kappa shape index (κ1) is 20.4. The molecule has 0 aliphatic carbocycles. The van der Waals surface area contributed by atoms with Gasteiger partial charge in [-0.15, -0.1) is 12.4 Å². The Kier molecular flexibility index (Phi) is 9.45. The second-order valence-electron chi connectivity index (χ2n) is 5.22. The summed E-state index contributed by atoms with van der Waals surface area (Å²) in [4.78, 5) is 23.7. The number of carbonyl (C=O) groups excluding carboxylic acids is 2. The molecule has 0 spiro atoms. The Bertz CT molecular complexity index is 506. The number of rotatable bonds is 7. The van der Waals surface area contributed by atoms with E-state index in [0.29, 0.717) is 13.0 Å². The lowest BCUT2D eigenvalue weighted by Gasteiger charge is -2.16. The highest BCUT2D eigenvalue weighted by Gasteiger charge is 2.14. The molecule has 0 aliphatic rings. The highest BCUT2D eigenvalue weighted by molar-refractivity contribution is 5.96. The molecule has 6 heteroatoms. The summed E-state index contributed by atoms with van der Waals surface area (Å²) >= 11 is 0. The lowest BCUT2D eigenvalue weighted by molar-refractivity contribution is -0.119. The molecule has 1 aromatic rings. The number of anilines is 2. The summed E-state index contributed by atoms with van der Waals surface area (Å²) in [5.41, 5.74) is 2.34. The van der Waals surface area contributed by atoms with Gasteiger partial charge in [0.15, 0.2) is 0 Å². The third-order valence-corrected chi connectivity index (χ3v) is 3.30. The molecule has 5 nitrogen and oxygen atoms in total. The van der Waals surface area contributed by atoms with Crippen LogP contribution in [-0.2, 0) is 9.59 Å². The van der Waals surface area contributed by atoms with Gasteiger partial charge in [0.25, 0.3) is 0 Å². The smallest absolute Gasteiger partial charge is 0.228 e. The number of benzene rings is 1. The Hall–Kier alpha value is -1.59. The van der Waals surface area contributed by atoms with Crippen LogP contribution in [0.4, 0.5) is 11.4 Å². The van der Waals surface area contributed by atoms with Gasteiger partial charge in [-0.2, -0.15) is 0 Å². The van der Waals surface area contributed by atoms with E-state index in [9.17, 15) is 9.59 Å². The fourth-order valence-corrected chi connectivity index (χ4v) is 2.00. The van der Waals surface area contributed by atoms with Crippen LogP contribution in [0.25, 0.3) is 0 Å². The molecule has 3 N–H and O–H groups in total. The molecule has 0 radical (unpaired) electrons. The first-order chi connectivity index (χ1) is 9.99. The fraction of sp³-hybridized carbons (Fsp3) is 0.500. The summed E-state index contributed by atoms with van der Waals surface area (Å²) in [7, 11) is 1.82. The SMILES string of the molecule is CCCC(=O)Nc1cccc(NC(=O)C(C)CNC)c1C.Cl. The van der Waals surface area contributed by atoms with Crippen LogP contribution in [0.3, 0.4) is 0 Å². The first-order valence-electron chi connectivity index (χ1n) is 7.34. The van der Waals surface area contributed by atoms with Crippen molar-refractivity contribution >= 4 is 35.6 Å². The average Bonchev–Trinajstić information content (AvgIpc) is 2.43. The number of halogens is 1. The van der Waals surface area contributed by atoms with Gasteiger partial charge >= 0.3 is 0 Å². The molecule has 0 aliphatic heterocycles. The van der Waals surface area contributed by atoms with E-state index in [0.717, 1.165) is 23.4 Å². The lowest BCUT2D eigenvalue weighted by atomic mass is 10.1. The summed E-state index contributed by atoms with van der Waals surface area (Å²) in [6, 6.07) is 5.51. The molecule has 0 heterocycles. The van der Waals surface area contributed by atoms with Gasteiger partial charge in [0.1, 0.15) is 0 Å². The Balaban J connectivity index is 0.00000441. The zero-order chi connectivity index (χ0) is 15.8. The molecular weight excluding hydrogens is 302 g/mol. The van der Waals surface area contributed by atoms with Crippen molar-refractivity contribution < 1.29 is 9.59 Å². The van der Waals surface area contributed by atoms with Gasteiger partial charge in [-0.3, -0.25) is 9.59 Å². The van der Waals surface area contributed by atoms with Crippen molar-refractivity contribution in [3.05, 3.63) is 23.8 Å². The van der Waals surface area contributed by atoms with Crippen LogP contribution in [0.1, 0.15) is 32.3 Å². The molecule has 0 bridgehead atoms. The molecule has 0 saturated heterocycles. The summed E-state index contributed by atoms with van der Waals surface area (Å²) in [6.45, 7) is 6.35. The first-order valence-corrected chi connectivity index (χ1v) is 7.34. The van der Waals surface area contributed by atoms with Crippen molar-refractivity contribution in [2.75, 3.05) is 24.2 Å². The van der Waals surface area contributed by atoms with Gasteiger partial charge in [0, 0.05) is 30.3 Å². The largest absolute Gasteiger partial charge is 0.326 e. The van der Waals surface area contributed by atoms with Crippen LogP contribution >= 0.6 is 12.4 Å². The van der Waals surface area contributed by atoms with Gasteiger partial charge in [-0.1, -0.05) is 19.9 Å². The van der Waals surface area contributed by atoms with Crippen LogP contribution in [0, 0.1) is 12.8 Å². The summed E-state index contributed by atoms with van der Waals surface area (Å²) in [5.74, 6) is -0.162. The molecule has 1 unspecified atom stereocenters. The van der Waals surface area contributed by atoms with Gasteiger partial charge < -0.3 is 16.0 Å².